The smallest absolute Gasteiger partial charge is 0.208 e. The summed E-state index contributed by atoms with van der Waals surface area (Å²) < 4.78 is 21.9. The highest BCUT2D eigenvalue weighted by Gasteiger charge is 1.88. The van der Waals surface area contributed by atoms with E-state index >= 15 is 0 Å². The number of sulfonamides is 1. The third-order valence-corrected chi connectivity index (χ3v) is 3.32. The van der Waals surface area contributed by atoms with E-state index in [0.717, 1.165) is 31.9 Å². The molecule has 4 heteroatoms. The van der Waals surface area contributed by atoms with E-state index < -0.39 is 10.0 Å². The second-order valence-corrected chi connectivity index (χ2v) is 7.71. The van der Waals surface area contributed by atoms with Gasteiger partial charge in [-0.1, -0.05) is 78.7 Å². The second kappa shape index (κ2) is 31.9. The molecule has 0 aliphatic carbocycles. The van der Waals surface area contributed by atoms with Gasteiger partial charge in [-0.25, -0.2) is 13.1 Å². The molecular formula is C22H51NO2S. The molecule has 0 aromatic carbocycles. The molecule has 0 fully saturated rings. The SMILES string of the molecule is C.C=C(C)CC.C=C(C)CC.C=C(CC)CC.CCC.CNS(C)(=O)=O. The van der Waals surface area contributed by atoms with Crippen molar-refractivity contribution in [2.45, 2.75) is 94.9 Å². The highest BCUT2D eigenvalue weighted by molar-refractivity contribution is 7.88. The molecule has 1 N–H and O–H groups in total. The molecule has 0 heterocycles. The normalized spacial score (nSPS) is 8.23. The zero-order valence-electron chi connectivity index (χ0n) is 18.9. The highest BCUT2D eigenvalue weighted by atomic mass is 32.2. The van der Waals surface area contributed by atoms with Gasteiger partial charge in [0.25, 0.3) is 0 Å². The molecule has 0 saturated heterocycles. The fourth-order valence-electron chi connectivity index (χ4n) is 0.250. The lowest BCUT2D eigenvalue weighted by atomic mass is 10.2. The van der Waals surface area contributed by atoms with Crippen LogP contribution in [0, 0.1) is 0 Å². The first-order valence-corrected chi connectivity index (χ1v) is 11.1. The van der Waals surface area contributed by atoms with Crippen LogP contribution < -0.4 is 4.72 Å². The molecule has 0 radical (unpaired) electrons. The van der Waals surface area contributed by atoms with E-state index in [1.807, 2.05) is 13.8 Å². The van der Waals surface area contributed by atoms with Crippen molar-refractivity contribution in [3.8, 4) is 0 Å². The summed E-state index contributed by atoms with van der Waals surface area (Å²) in [7, 11) is -1.54. The fourth-order valence-corrected chi connectivity index (χ4v) is 0.250. The minimum Gasteiger partial charge on any atom is -0.219 e. The number of rotatable bonds is 5. The maximum Gasteiger partial charge on any atom is 0.208 e. The molecule has 0 rings (SSSR count). The molecule has 0 bridgehead atoms. The Morgan fingerprint density at radius 3 is 0.923 bits per heavy atom. The van der Waals surface area contributed by atoms with E-state index in [0.29, 0.717) is 0 Å². The molecule has 26 heavy (non-hydrogen) atoms. The van der Waals surface area contributed by atoms with Crippen molar-refractivity contribution in [1.29, 1.82) is 0 Å². The average molecular weight is 394 g/mol. The molecule has 0 unspecified atom stereocenters. The summed E-state index contributed by atoms with van der Waals surface area (Å²) in [5.74, 6) is 0. The molecule has 0 aliphatic rings. The summed E-state index contributed by atoms with van der Waals surface area (Å²) >= 11 is 0. The maximum absolute atomic E-state index is 9.89. The molecular weight excluding hydrogens is 342 g/mol. The van der Waals surface area contributed by atoms with Crippen molar-refractivity contribution in [2.75, 3.05) is 13.3 Å². The molecule has 0 aliphatic heterocycles. The zero-order chi connectivity index (χ0) is 21.5. The highest BCUT2D eigenvalue weighted by Crippen LogP contribution is 1.98. The number of hydrogen-bond donors (Lipinski definition) is 1. The van der Waals surface area contributed by atoms with Crippen LogP contribution in [0.3, 0.4) is 0 Å². The van der Waals surface area contributed by atoms with Crippen molar-refractivity contribution in [1.82, 2.24) is 4.72 Å². The van der Waals surface area contributed by atoms with Gasteiger partial charge in [-0.2, -0.15) is 0 Å². The Labute approximate surface area is 168 Å². The fraction of sp³-hybridized carbons (Fsp3) is 0.727. The van der Waals surface area contributed by atoms with Gasteiger partial charge >= 0.3 is 0 Å². The number of hydrogen-bond acceptors (Lipinski definition) is 2. The van der Waals surface area contributed by atoms with Crippen LogP contribution >= 0.6 is 0 Å². The number of nitrogens with one attached hydrogen (secondary N) is 1. The van der Waals surface area contributed by atoms with Gasteiger partial charge in [-0.05, 0) is 46.6 Å². The lowest BCUT2D eigenvalue weighted by Gasteiger charge is -1.89. The Hall–Kier alpha value is -0.870. The van der Waals surface area contributed by atoms with E-state index in [9.17, 15) is 8.42 Å². The molecule has 162 valence electrons. The topological polar surface area (TPSA) is 46.2 Å². The van der Waals surface area contributed by atoms with Crippen molar-refractivity contribution < 1.29 is 8.42 Å². The zero-order valence-corrected chi connectivity index (χ0v) is 19.7. The van der Waals surface area contributed by atoms with Crippen LogP contribution in [0.2, 0.25) is 0 Å². The minimum atomic E-state index is -2.91. The van der Waals surface area contributed by atoms with E-state index in [4.69, 9.17) is 0 Å². The Bertz CT molecular complexity index is 376. The van der Waals surface area contributed by atoms with Gasteiger partial charge in [0, 0.05) is 0 Å². The summed E-state index contributed by atoms with van der Waals surface area (Å²) in [5.41, 5.74) is 3.85. The Balaban J connectivity index is -0.0000000484. The monoisotopic (exact) mass is 393 g/mol. The predicted octanol–water partition coefficient (Wildman–Crippen LogP) is 7.53. The van der Waals surface area contributed by atoms with Gasteiger partial charge in [-0.3, -0.25) is 0 Å². The molecule has 0 amide bonds. The summed E-state index contributed by atoms with van der Waals surface area (Å²) in [5, 5.41) is 0. The summed E-state index contributed by atoms with van der Waals surface area (Å²) in [6, 6.07) is 0. The van der Waals surface area contributed by atoms with Gasteiger partial charge in [-0.15, -0.1) is 13.2 Å². The van der Waals surface area contributed by atoms with Crippen molar-refractivity contribution in [2.24, 2.45) is 0 Å². The third kappa shape index (κ3) is 110. The van der Waals surface area contributed by atoms with Crippen LogP contribution in [0.1, 0.15) is 94.9 Å². The maximum atomic E-state index is 9.89. The summed E-state index contributed by atoms with van der Waals surface area (Å²) in [6.07, 6.45) is 6.85. The lowest BCUT2D eigenvalue weighted by Crippen LogP contribution is -2.15. The van der Waals surface area contributed by atoms with E-state index in [1.165, 1.54) is 30.2 Å². The van der Waals surface area contributed by atoms with E-state index in [2.05, 4.69) is 66.0 Å². The standard InChI is InChI=1S/C6H12.2C5H10.C3H8.C2H7NO2S.CH4/c1-4-6(3)5-2;2*1-4-5(2)3;1-3-2;1-3-6(2,4)5;/h3-5H2,1-2H3;2*2,4H2,1,3H3;3H2,1-2H3;3H,1-2H3;1H4. The average Bonchev–Trinajstić information content (AvgIpc) is 2.55. The first-order valence-electron chi connectivity index (χ1n) is 9.16. The third-order valence-electron chi connectivity index (χ3n) is 2.58. The first-order chi connectivity index (χ1) is 11.3. The molecule has 0 aromatic rings. The quantitative estimate of drug-likeness (QED) is 0.491. The van der Waals surface area contributed by atoms with Gasteiger partial charge in [0.05, 0.1) is 6.26 Å². The molecule has 3 nitrogen and oxygen atoms in total. The van der Waals surface area contributed by atoms with E-state index in [-0.39, 0.29) is 7.43 Å². The van der Waals surface area contributed by atoms with Gasteiger partial charge in [0.2, 0.25) is 10.0 Å². The lowest BCUT2D eigenvalue weighted by molar-refractivity contribution is 0.594. The Morgan fingerprint density at radius 2 is 0.923 bits per heavy atom. The van der Waals surface area contributed by atoms with Gasteiger partial charge in [0.1, 0.15) is 0 Å². The van der Waals surface area contributed by atoms with Crippen molar-refractivity contribution in [3.05, 3.63) is 36.5 Å². The van der Waals surface area contributed by atoms with E-state index in [1.54, 1.807) is 0 Å². The predicted molar refractivity (Wildman–Crippen MR) is 127 cm³/mol. The molecule has 0 saturated carbocycles. The van der Waals surface area contributed by atoms with Crippen LogP contribution in [-0.2, 0) is 10.0 Å². The van der Waals surface area contributed by atoms with Crippen molar-refractivity contribution in [3.63, 3.8) is 0 Å². The minimum absolute atomic E-state index is 0. The molecule has 0 atom stereocenters. The van der Waals surface area contributed by atoms with Crippen LogP contribution in [0.25, 0.3) is 0 Å². The van der Waals surface area contributed by atoms with Crippen LogP contribution in [0.15, 0.2) is 36.5 Å². The molecule has 0 aromatic heterocycles. The second-order valence-electron chi connectivity index (χ2n) is 5.76. The van der Waals surface area contributed by atoms with Crippen LogP contribution in [0.5, 0.6) is 0 Å². The van der Waals surface area contributed by atoms with Crippen LogP contribution in [-0.4, -0.2) is 21.7 Å². The largest absolute Gasteiger partial charge is 0.219 e. The summed E-state index contributed by atoms with van der Waals surface area (Å²) in [6.45, 7) is 27.9. The van der Waals surface area contributed by atoms with Crippen LogP contribution in [0.4, 0.5) is 0 Å². The van der Waals surface area contributed by atoms with Gasteiger partial charge < -0.3 is 0 Å². The Morgan fingerprint density at radius 1 is 0.769 bits per heavy atom. The molecule has 0 spiro atoms. The first kappa shape index (κ1) is 40.0. The van der Waals surface area contributed by atoms with Gasteiger partial charge in [0.15, 0.2) is 0 Å². The summed E-state index contributed by atoms with van der Waals surface area (Å²) in [4.78, 5) is 0. The van der Waals surface area contributed by atoms with Crippen molar-refractivity contribution >= 4 is 10.0 Å². The Kier molecular flexibility index (Phi) is 49.0. The number of allylic oxidation sites excluding steroid dienone is 3.